The van der Waals surface area contributed by atoms with Gasteiger partial charge in [0, 0.05) is 6.54 Å². The average molecular weight is 210 g/mol. The van der Waals surface area contributed by atoms with Crippen LogP contribution in [-0.2, 0) is 4.74 Å². The van der Waals surface area contributed by atoms with Crippen molar-refractivity contribution in [3.8, 4) is 0 Å². The highest BCUT2D eigenvalue weighted by atomic mass is 16.5. The van der Waals surface area contributed by atoms with Crippen molar-refractivity contribution >= 4 is 5.97 Å². The van der Waals surface area contributed by atoms with Crippen LogP contribution in [0.1, 0.15) is 22.0 Å². The fourth-order valence-electron chi connectivity index (χ4n) is 1.14. The number of ether oxygens (including phenoxy) is 1. The van der Waals surface area contributed by atoms with E-state index in [0.717, 1.165) is 0 Å². The minimum atomic E-state index is -0.704. The number of aliphatic hydroxyl groups is 1. The zero-order valence-electron chi connectivity index (χ0n) is 8.22. The SMILES string of the molecule is NCOC(=O)c1ccc(C(O)CN)cc1. The Labute approximate surface area is 87.6 Å². The molecular formula is C10H14N2O3. The molecule has 5 N–H and O–H groups in total. The number of rotatable bonds is 4. The molecule has 1 aromatic rings. The van der Waals surface area contributed by atoms with Gasteiger partial charge in [-0.2, -0.15) is 0 Å². The zero-order chi connectivity index (χ0) is 11.3. The summed E-state index contributed by atoms with van der Waals surface area (Å²) < 4.78 is 4.61. The van der Waals surface area contributed by atoms with Gasteiger partial charge >= 0.3 is 5.97 Å². The largest absolute Gasteiger partial charge is 0.446 e. The molecule has 0 saturated heterocycles. The predicted molar refractivity (Wildman–Crippen MR) is 54.9 cm³/mol. The van der Waals surface area contributed by atoms with E-state index in [4.69, 9.17) is 11.5 Å². The summed E-state index contributed by atoms with van der Waals surface area (Å²) in [5.41, 5.74) is 11.4. The topological polar surface area (TPSA) is 98.6 Å². The van der Waals surface area contributed by atoms with Crippen LogP contribution in [0, 0.1) is 0 Å². The number of hydrogen-bond donors (Lipinski definition) is 3. The number of benzene rings is 1. The average Bonchev–Trinajstić information content (AvgIpc) is 2.28. The second kappa shape index (κ2) is 5.45. The van der Waals surface area contributed by atoms with Crippen LogP contribution in [0.15, 0.2) is 24.3 Å². The van der Waals surface area contributed by atoms with E-state index < -0.39 is 12.1 Å². The second-order valence-corrected chi connectivity index (χ2v) is 2.97. The van der Waals surface area contributed by atoms with Crippen LogP contribution in [0.2, 0.25) is 0 Å². The maximum atomic E-state index is 11.2. The molecule has 0 aliphatic heterocycles. The monoisotopic (exact) mass is 210 g/mol. The number of aliphatic hydroxyl groups excluding tert-OH is 1. The summed E-state index contributed by atoms with van der Waals surface area (Å²) in [5, 5.41) is 9.40. The maximum absolute atomic E-state index is 11.2. The summed E-state index contributed by atoms with van der Waals surface area (Å²) in [6.07, 6.45) is -0.704. The van der Waals surface area contributed by atoms with E-state index in [-0.39, 0.29) is 13.3 Å². The molecule has 0 aliphatic carbocycles. The molecule has 1 unspecified atom stereocenters. The van der Waals surface area contributed by atoms with E-state index >= 15 is 0 Å². The van der Waals surface area contributed by atoms with Crippen LogP contribution in [-0.4, -0.2) is 24.4 Å². The van der Waals surface area contributed by atoms with Crippen molar-refractivity contribution in [1.82, 2.24) is 0 Å². The molecule has 0 aliphatic rings. The maximum Gasteiger partial charge on any atom is 0.339 e. The third kappa shape index (κ3) is 3.02. The Kier molecular flexibility index (Phi) is 4.23. The summed E-state index contributed by atoms with van der Waals surface area (Å²) in [6, 6.07) is 6.38. The Morgan fingerprint density at radius 3 is 2.40 bits per heavy atom. The molecule has 0 spiro atoms. The molecule has 1 rings (SSSR count). The van der Waals surface area contributed by atoms with Gasteiger partial charge in [-0.15, -0.1) is 0 Å². The van der Waals surface area contributed by atoms with Gasteiger partial charge in [0.05, 0.1) is 11.7 Å². The molecule has 82 valence electrons. The highest BCUT2D eigenvalue weighted by Crippen LogP contribution is 2.12. The normalized spacial score (nSPS) is 12.2. The Bertz CT molecular complexity index is 324. The van der Waals surface area contributed by atoms with Gasteiger partial charge in [0.2, 0.25) is 0 Å². The van der Waals surface area contributed by atoms with Crippen LogP contribution < -0.4 is 11.5 Å². The Morgan fingerprint density at radius 2 is 1.93 bits per heavy atom. The molecule has 5 heteroatoms. The molecule has 0 bridgehead atoms. The van der Waals surface area contributed by atoms with Gasteiger partial charge in [-0.1, -0.05) is 12.1 Å². The van der Waals surface area contributed by atoms with Gasteiger partial charge in [0.1, 0.15) is 6.73 Å². The molecular weight excluding hydrogens is 196 g/mol. The summed E-state index contributed by atoms with van der Waals surface area (Å²) in [4.78, 5) is 11.2. The molecule has 0 heterocycles. The van der Waals surface area contributed by atoms with Crippen LogP contribution in [0.25, 0.3) is 0 Å². The van der Waals surface area contributed by atoms with E-state index in [1.807, 2.05) is 0 Å². The van der Waals surface area contributed by atoms with Crippen molar-refractivity contribution in [3.05, 3.63) is 35.4 Å². The first-order valence-electron chi connectivity index (χ1n) is 4.54. The minimum Gasteiger partial charge on any atom is -0.446 e. The van der Waals surface area contributed by atoms with Crippen molar-refractivity contribution in [2.45, 2.75) is 6.10 Å². The Morgan fingerprint density at radius 1 is 1.33 bits per heavy atom. The first-order chi connectivity index (χ1) is 7.19. The van der Waals surface area contributed by atoms with Gasteiger partial charge in [0.25, 0.3) is 0 Å². The van der Waals surface area contributed by atoms with Crippen LogP contribution in [0.5, 0.6) is 0 Å². The highest BCUT2D eigenvalue weighted by molar-refractivity contribution is 5.89. The highest BCUT2D eigenvalue weighted by Gasteiger charge is 2.08. The standard InChI is InChI=1S/C10H14N2O3/c11-5-9(13)7-1-3-8(4-2-7)10(14)15-6-12/h1-4,9,13H,5-6,11-12H2. The number of carbonyl (C=O) groups is 1. The van der Waals surface area contributed by atoms with E-state index in [1.165, 1.54) is 0 Å². The van der Waals surface area contributed by atoms with Gasteiger partial charge in [-0.25, -0.2) is 4.79 Å². The Balaban J connectivity index is 2.76. The van der Waals surface area contributed by atoms with E-state index in [0.29, 0.717) is 11.1 Å². The summed E-state index contributed by atoms with van der Waals surface area (Å²) in [7, 11) is 0. The molecule has 1 atom stereocenters. The third-order valence-electron chi connectivity index (χ3n) is 1.97. The summed E-state index contributed by atoms with van der Waals surface area (Å²) in [5.74, 6) is -0.480. The fourth-order valence-corrected chi connectivity index (χ4v) is 1.14. The third-order valence-corrected chi connectivity index (χ3v) is 1.97. The quantitative estimate of drug-likeness (QED) is 0.470. The molecule has 0 radical (unpaired) electrons. The van der Waals surface area contributed by atoms with Crippen molar-refractivity contribution in [3.63, 3.8) is 0 Å². The lowest BCUT2D eigenvalue weighted by molar-refractivity contribution is 0.0515. The van der Waals surface area contributed by atoms with E-state index in [1.54, 1.807) is 24.3 Å². The van der Waals surface area contributed by atoms with E-state index in [9.17, 15) is 9.90 Å². The number of nitrogens with two attached hydrogens (primary N) is 2. The number of esters is 1. The molecule has 5 nitrogen and oxygen atoms in total. The minimum absolute atomic E-state index is 0.145. The lowest BCUT2D eigenvalue weighted by Gasteiger charge is -2.08. The molecule has 0 fully saturated rings. The molecule has 0 saturated carbocycles. The Hall–Kier alpha value is -1.43. The van der Waals surface area contributed by atoms with Crippen molar-refractivity contribution in [2.24, 2.45) is 11.5 Å². The summed E-state index contributed by atoms with van der Waals surface area (Å²) >= 11 is 0. The van der Waals surface area contributed by atoms with Gasteiger partial charge in [-0.3, -0.25) is 5.73 Å². The van der Waals surface area contributed by atoms with Crippen LogP contribution in [0.3, 0.4) is 0 Å². The smallest absolute Gasteiger partial charge is 0.339 e. The lowest BCUT2D eigenvalue weighted by Crippen LogP contribution is -2.13. The fraction of sp³-hybridized carbons (Fsp3) is 0.300. The first kappa shape index (κ1) is 11.6. The van der Waals surface area contributed by atoms with Gasteiger partial charge in [-0.05, 0) is 17.7 Å². The summed E-state index contributed by atoms with van der Waals surface area (Å²) in [6.45, 7) is -0.00139. The first-order valence-corrected chi connectivity index (χ1v) is 4.54. The molecule has 0 aromatic heterocycles. The number of carbonyl (C=O) groups excluding carboxylic acids is 1. The number of hydrogen-bond acceptors (Lipinski definition) is 5. The van der Waals surface area contributed by atoms with Gasteiger partial charge < -0.3 is 15.6 Å². The van der Waals surface area contributed by atoms with Gasteiger partial charge in [0.15, 0.2) is 0 Å². The molecule has 1 aromatic carbocycles. The second-order valence-electron chi connectivity index (χ2n) is 2.97. The van der Waals surface area contributed by atoms with E-state index in [2.05, 4.69) is 4.74 Å². The van der Waals surface area contributed by atoms with Crippen molar-refractivity contribution in [1.29, 1.82) is 0 Å². The zero-order valence-corrected chi connectivity index (χ0v) is 8.22. The van der Waals surface area contributed by atoms with Crippen molar-refractivity contribution in [2.75, 3.05) is 13.3 Å². The molecule has 0 amide bonds. The van der Waals surface area contributed by atoms with Crippen LogP contribution >= 0.6 is 0 Å². The van der Waals surface area contributed by atoms with Crippen molar-refractivity contribution < 1.29 is 14.6 Å². The predicted octanol–water partition coefficient (Wildman–Crippen LogP) is -0.248. The molecule has 15 heavy (non-hydrogen) atoms. The van der Waals surface area contributed by atoms with Crippen LogP contribution in [0.4, 0.5) is 0 Å². The lowest BCUT2D eigenvalue weighted by atomic mass is 10.1.